The van der Waals surface area contributed by atoms with E-state index in [2.05, 4.69) is 30.1 Å². The maximum atomic E-state index is 5.47. The molecule has 0 amide bonds. The van der Waals surface area contributed by atoms with Crippen LogP contribution in [0.2, 0.25) is 0 Å². The first kappa shape index (κ1) is 15.4. The molecule has 2 aromatic rings. The maximum Gasteiger partial charge on any atom is 0.231 e. The quantitative estimate of drug-likeness (QED) is 0.789. The molecule has 4 heteroatoms. The van der Waals surface area contributed by atoms with E-state index in [1.165, 1.54) is 11.1 Å². The molecule has 4 nitrogen and oxygen atoms in total. The largest absolute Gasteiger partial charge is 0.497 e. The van der Waals surface area contributed by atoms with Gasteiger partial charge in [0.15, 0.2) is 11.5 Å². The van der Waals surface area contributed by atoms with Crippen LogP contribution in [0.1, 0.15) is 23.6 Å². The summed E-state index contributed by atoms with van der Waals surface area (Å²) < 4.78 is 16.0. The average molecular weight is 311 g/mol. The fourth-order valence-corrected chi connectivity index (χ4v) is 2.62. The van der Waals surface area contributed by atoms with E-state index in [9.17, 15) is 0 Å². The van der Waals surface area contributed by atoms with Crippen molar-refractivity contribution in [2.24, 2.45) is 0 Å². The fourth-order valence-electron chi connectivity index (χ4n) is 2.62. The van der Waals surface area contributed by atoms with E-state index in [1.807, 2.05) is 30.3 Å². The van der Waals surface area contributed by atoms with Crippen molar-refractivity contribution in [3.8, 4) is 17.2 Å². The summed E-state index contributed by atoms with van der Waals surface area (Å²) in [6.45, 7) is 4.93. The lowest BCUT2D eigenvalue weighted by atomic mass is 10.0. The van der Waals surface area contributed by atoms with Crippen LogP contribution in [0.4, 0.5) is 0 Å². The van der Waals surface area contributed by atoms with Crippen LogP contribution in [-0.2, 0) is 6.54 Å². The first-order valence-electron chi connectivity index (χ1n) is 7.67. The lowest BCUT2D eigenvalue weighted by Crippen LogP contribution is -2.20. The monoisotopic (exact) mass is 311 g/mol. The summed E-state index contributed by atoms with van der Waals surface area (Å²) >= 11 is 0. The van der Waals surface area contributed by atoms with Gasteiger partial charge in [-0.05, 0) is 41.8 Å². The van der Waals surface area contributed by atoms with Crippen molar-refractivity contribution in [3.05, 3.63) is 66.2 Å². The SMILES string of the molecule is C=CCC(NCc1ccc(OC)cc1)c1ccc2c(c1)OCO2. The first-order valence-corrected chi connectivity index (χ1v) is 7.67. The second kappa shape index (κ2) is 7.20. The molecule has 0 spiro atoms. The smallest absolute Gasteiger partial charge is 0.231 e. The fraction of sp³-hybridized carbons (Fsp3) is 0.263. The van der Waals surface area contributed by atoms with Gasteiger partial charge in [-0.2, -0.15) is 0 Å². The van der Waals surface area contributed by atoms with Gasteiger partial charge in [-0.15, -0.1) is 6.58 Å². The van der Waals surface area contributed by atoms with Gasteiger partial charge in [0.1, 0.15) is 5.75 Å². The van der Waals surface area contributed by atoms with Crippen LogP contribution < -0.4 is 19.5 Å². The van der Waals surface area contributed by atoms with Gasteiger partial charge < -0.3 is 19.5 Å². The van der Waals surface area contributed by atoms with E-state index < -0.39 is 0 Å². The predicted molar refractivity (Wildman–Crippen MR) is 90.0 cm³/mol. The minimum absolute atomic E-state index is 0.184. The highest BCUT2D eigenvalue weighted by molar-refractivity contribution is 5.45. The molecule has 0 saturated heterocycles. The number of nitrogens with one attached hydrogen (secondary N) is 1. The van der Waals surface area contributed by atoms with Crippen LogP contribution in [0.15, 0.2) is 55.1 Å². The number of ether oxygens (including phenoxy) is 3. The van der Waals surface area contributed by atoms with E-state index in [0.717, 1.165) is 30.2 Å². The molecule has 23 heavy (non-hydrogen) atoms. The number of rotatable bonds is 7. The summed E-state index contributed by atoms with van der Waals surface area (Å²) in [5, 5.41) is 3.57. The lowest BCUT2D eigenvalue weighted by Gasteiger charge is -2.18. The molecule has 1 aliphatic rings. The van der Waals surface area contributed by atoms with Crippen molar-refractivity contribution in [1.29, 1.82) is 0 Å². The molecule has 2 aromatic carbocycles. The zero-order valence-electron chi connectivity index (χ0n) is 13.2. The Hall–Kier alpha value is -2.46. The van der Waals surface area contributed by atoms with E-state index in [0.29, 0.717) is 6.79 Å². The first-order chi connectivity index (χ1) is 11.3. The Balaban J connectivity index is 1.69. The maximum absolute atomic E-state index is 5.47. The van der Waals surface area contributed by atoms with Crippen molar-refractivity contribution >= 4 is 0 Å². The van der Waals surface area contributed by atoms with Crippen LogP contribution in [0.3, 0.4) is 0 Å². The van der Waals surface area contributed by atoms with Gasteiger partial charge in [-0.25, -0.2) is 0 Å². The minimum atomic E-state index is 0.184. The molecule has 0 saturated carbocycles. The van der Waals surface area contributed by atoms with Gasteiger partial charge in [0.25, 0.3) is 0 Å². The Morgan fingerprint density at radius 3 is 2.70 bits per heavy atom. The van der Waals surface area contributed by atoms with E-state index in [1.54, 1.807) is 7.11 Å². The third kappa shape index (κ3) is 3.66. The molecule has 0 aromatic heterocycles. The lowest BCUT2D eigenvalue weighted by molar-refractivity contribution is 0.174. The molecule has 0 radical (unpaired) electrons. The summed E-state index contributed by atoms with van der Waals surface area (Å²) in [5.41, 5.74) is 2.38. The zero-order chi connectivity index (χ0) is 16.1. The van der Waals surface area contributed by atoms with Crippen LogP contribution in [0.5, 0.6) is 17.2 Å². The van der Waals surface area contributed by atoms with E-state index >= 15 is 0 Å². The van der Waals surface area contributed by atoms with Gasteiger partial charge >= 0.3 is 0 Å². The second-order valence-electron chi connectivity index (χ2n) is 5.42. The molecule has 3 rings (SSSR count). The summed E-state index contributed by atoms with van der Waals surface area (Å²) in [7, 11) is 1.67. The standard InChI is InChI=1S/C19H21NO3/c1-3-4-17(15-7-10-18-19(11-15)23-13-22-18)20-12-14-5-8-16(21-2)9-6-14/h3,5-11,17,20H,1,4,12-13H2,2H3. The number of hydrogen-bond acceptors (Lipinski definition) is 4. The topological polar surface area (TPSA) is 39.7 Å². The molecule has 120 valence electrons. The molecular formula is C19H21NO3. The Morgan fingerprint density at radius 1 is 1.17 bits per heavy atom. The van der Waals surface area contributed by atoms with Gasteiger partial charge in [0, 0.05) is 12.6 Å². The molecule has 1 heterocycles. The van der Waals surface area contributed by atoms with E-state index in [4.69, 9.17) is 14.2 Å². The second-order valence-corrected chi connectivity index (χ2v) is 5.42. The van der Waals surface area contributed by atoms with Crippen molar-refractivity contribution in [3.63, 3.8) is 0 Å². The van der Waals surface area contributed by atoms with E-state index in [-0.39, 0.29) is 6.04 Å². The van der Waals surface area contributed by atoms with Gasteiger partial charge in [-0.1, -0.05) is 24.3 Å². The number of hydrogen-bond donors (Lipinski definition) is 1. The molecule has 0 bridgehead atoms. The average Bonchev–Trinajstić information content (AvgIpc) is 3.06. The molecule has 1 N–H and O–H groups in total. The van der Waals surface area contributed by atoms with Crippen molar-refractivity contribution in [2.45, 2.75) is 19.0 Å². The highest BCUT2D eigenvalue weighted by atomic mass is 16.7. The molecule has 0 aliphatic carbocycles. The third-order valence-electron chi connectivity index (χ3n) is 3.91. The van der Waals surface area contributed by atoms with Gasteiger partial charge in [-0.3, -0.25) is 0 Å². The summed E-state index contributed by atoms with van der Waals surface area (Å²) in [6.07, 6.45) is 2.77. The molecule has 1 unspecified atom stereocenters. The van der Waals surface area contributed by atoms with Crippen molar-refractivity contribution < 1.29 is 14.2 Å². The normalized spacial score (nSPS) is 13.6. The highest BCUT2D eigenvalue weighted by Gasteiger charge is 2.17. The molecule has 0 fully saturated rings. The zero-order valence-corrected chi connectivity index (χ0v) is 13.2. The highest BCUT2D eigenvalue weighted by Crippen LogP contribution is 2.34. The Kier molecular flexibility index (Phi) is 4.83. The number of methoxy groups -OCH3 is 1. The van der Waals surface area contributed by atoms with Gasteiger partial charge in [0.05, 0.1) is 7.11 Å². The van der Waals surface area contributed by atoms with Crippen LogP contribution in [0, 0.1) is 0 Å². The van der Waals surface area contributed by atoms with Crippen LogP contribution in [-0.4, -0.2) is 13.9 Å². The molecular weight excluding hydrogens is 290 g/mol. The van der Waals surface area contributed by atoms with Gasteiger partial charge in [0.2, 0.25) is 6.79 Å². The van der Waals surface area contributed by atoms with Crippen LogP contribution >= 0.6 is 0 Å². The summed E-state index contributed by atoms with van der Waals surface area (Å²) in [6, 6.07) is 14.3. The number of fused-ring (bicyclic) bond motifs is 1. The predicted octanol–water partition coefficient (Wildman–Crippen LogP) is 3.83. The Bertz CT molecular complexity index is 667. The molecule has 1 atom stereocenters. The third-order valence-corrected chi connectivity index (χ3v) is 3.91. The van der Waals surface area contributed by atoms with Crippen molar-refractivity contribution in [1.82, 2.24) is 5.32 Å². The Labute approximate surface area is 136 Å². The molecule has 1 aliphatic heterocycles. The number of benzene rings is 2. The summed E-state index contributed by atoms with van der Waals surface area (Å²) in [5.74, 6) is 2.48. The summed E-state index contributed by atoms with van der Waals surface area (Å²) in [4.78, 5) is 0. The minimum Gasteiger partial charge on any atom is -0.497 e. The van der Waals surface area contributed by atoms with Crippen molar-refractivity contribution in [2.75, 3.05) is 13.9 Å². The Morgan fingerprint density at radius 2 is 1.96 bits per heavy atom. The van der Waals surface area contributed by atoms with Crippen LogP contribution in [0.25, 0.3) is 0 Å².